The van der Waals surface area contributed by atoms with Gasteiger partial charge in [0.2, 0.25) is 15.9 Å². The molecule has 10 heteroatoms. The van der Waals surface area contributed by atoms with Crippen LogP contribution in [0.1, 0.15) is 18.4 Å². The molecule has 3 N–H and O–H groups in total. The van der Waals surface area contributed by atoms with Gasteiger partial charge in [0, 0.05) is 25.2 Å². The summed E-state index contributed by atoms with van der Waals surface area (Å²) in [6, 6.07) is 13.9. The molecule has 1 aliphatic rings. The van der Waals surface area contributed by atoms with E-state index < -0.39 is 15.9 Å². The molecule has 9 nitrogen and oxygen atoms in total. The summed E-state index contributed by atoms with van der Waals surface area (Å²) in [6.07, 6.45) is 1.82. The Hall–Kier alpha value is -3.11. The van der Waals surface area contributed by atoms with Gasteiger partial charge in [0.05, 0.1) is 18.6 Å². The van der Waals surface area contributed by atoms with Crippen LogP contribution in [0.2, 0.25) is 0 Å². The molecule has 0 spiro atoms. The van der Waals surface area contributed by atoms with E-state index in [-0.39, 0.29) is 30.3 Å². The minimum atomic E-state index is -3.74. The van der Waals surface area contributed by atoms with E-state index in [0.29, 0.717) is 5.75 Å². The van der Waals surface area contributed by atoms with Crippen molar-refractivity contribution >= 4 is 27.5 Å². The number of hydrogen-bond donors (Lipinski definition) is 3. The molecule has 0 bridgehead atoms. The van der Waals surface area contributed by atoms with Crippen molar-refractivity contribution in [2.75, 3.05) is 31.6 Å². The number of nitrogens with zero attached hydrogens (tertiary/aromatic N) is 1. The van der Waals surface area contributed by atoms with Crippen LogP contribution in [0.3, 0.4) is 0 Å². The van der Waals surface area contributed by atoms with Crippen molar-refractivity contribution in [3.63, 3.8) is 0 Å². The number of amides is 2. The van der Waals surface area contributed by atoms with Gasteiger partial charge in [-0.1, -0.05) is 18.2 Å². The van der Waals surface area contributed by atoms with Crippen molar-refractivity contribution in [2.24, 2.45) is 0 Å². The Morgan fingerprint density at radius 3 is 2.48 bits per heavy atom. The maximum atomic E-state index is 12.2. The van der Waals surface area contributed by atoms with E-state index in [2.05, 4.69) is 15.6 Å². The lowest BCUT2D eigenvalue weighted by Gasteiger charge is -2.30. The minimum absolute atomic E-state index is 0.0730. The first-order valence-electron chi connectivity index (χ1n) is 9.93. The van der Waals surface area contributed by atoms with Gasteiger partial charge in [-0.2, -0.15) is 0 Å². The largest absolute Gasteiger partial charge is 0.497 e. The Balaban J connectivity index is 1.40. The third kappa shape index (κ3) is 6.19. The minimum Gasteiger partial charge on any atom is -0.497 e. The third-order valence-electron chi connectivity index (χ3n) is 4.90. The summed E-state index contributed by atoms with van der Waals surface area (Å²) in [5.41, 5.74) is 6.94. The van der Waals surface area contributed by atoms with Crippen molar-refractivity contribution in [1.29, 1.82) is 0 Å². The SMILES string of the molecule is COc1ccc(S(=O)(=O)NCCC(=O)NNC(=O)CN2CCCc3ccccc32)cc1. The number of para-hydroxylation sites is 1. The predicted octanol–water partition coefficient (Wildman–Crippen LogP) is 0.964. The molecule has 0 saturated carbocycles. The van der Waals surface area contributed by atoms with Gasteiger partial charge >= 0.3 is 0 Å². The second kappa shape index (κ2) is 10.3. The summed E-state index contributed by atoms with van der Waals surface area (Å²) in [5, 5.41) is 0. The number of hydrogen-bond acceptors (Lipinski definition) is 6. The van der Waals surface area contributed by atoms with Crippen molar-refractivity contribution in [1.82, 2.24) is 15.6 Å². The fourth-order valence-electron chi connectivity index (χ4n) is 3.33. The normalized spacial score (nSPS) is 13.3. The molecule has 0 atom stereocenters. The molecular weight excluding hydrogens is 420 g/mol. The standard InChI is InChI=1S/C21H26N4O5S/c1-30-17-8-10-18(11-9-17)31(28,29)22-13-12-20(26)23-24-21(27)15-25-14-4-6-16-5-2-3-7-19(16)25/h2-3,5,7-11,22H,4,6,12-15H2,1H3,(H,23,26)(H,24,27). The number of fused-ring (bicyclic) bond motifs is 1. The van der Waals surface area contributed by atoms with Gasteiger partial charge in [0.25, 0.3) is 5.91 Å². The number of hydrazine groups is 1. The van der Waals surface area contributed by atoms with Crippen LogP contribution in [0.4, 0.5) is 5.69 Å². The van der Waals surface area contributed by atoms with Crippen LogP contribution < -0.4 is 25.2 Å². The molecule has 2 aromatic rings. The summed E-state index contributed by atoms with van der Waals surface area (Å²) in [6.45, 7) is 0.794. The van der Waals surface area contributed by atoms with E-state index >= 15 is 0 Å². The van der Waals surface area contributed by atoms with Crippen LogP contribution in [0, 0.1) is 0 Å². The zero-order chi connectivity index (χ0) is 22.3. The summed E-state index contributed by atoms with van der Waals surface area (Å²) in [4.78, 5) is 26.2. The Bertz CT molecular complexity index is 1020. The highest BCUT2D eigenvalue weighted by Gasteiger charge is 2.19. The van der Waals surface area contributed by atoms with E-state index in [9.17, 15) is 18.0 Å². The van der Waals surface area contributed by atoms with Gasteiger partial charge in [-0.05, 0) is 48.7 Å². The second-order valence-corrected chi connectivity index (χ2v) is 8.84. The fourth-order valence-corrected chi connectivity index (χ4v) is 4.36. The lowest BCUT2D eigenvalue weighted by molar-refractivity contribution is -0.128. The molecule has 0 aliphatic carbocycles. The number of carbonyl (C=O) groups is 2. The topological polar surface area (TPSA) is 117 Å². The number of sulfonamides is 1. The van der Waals surface area contributed by atoms with Crippen LogP contribution in [-0.2, 0) is 26.0 Å². The smallest absolute Gasteiger partial charge is 0.257 e. The molecule has 31 heavy (non-hydrogen) atoms. The average Bonchev–Trinajstić information content (AvgIpc) is 2.78. The van der Waals surface area contributed by atoms with E-state index in [0.717, 1.165) is 25.1 Å². The van der Waals surface area contributed by atoms with Gasteiger partial charge < -0.3 is 9.64 Å². The van der Waals surface area contributed by atoms with Gasteiger partial charge in [0.15, 0.2) is 0 Å². The maximum absolute atomic E-state index is 12.2. The van der Waals surface area contributed by atoms with Crippen LogP contribution >= 0.6 is 0 Å². The van der Waals surface area contributed by atoms with Crippen LogP contribution in [0.5, 0.6) is 5.75 Å². The third-order valence-corrected chi connectivity index (χ3v) is 6.37. The molecule has 3 rings (SSSR count). The van der Waals surface area contributed by atoms with E-state index in [1.54, 1.807) is 0 Å². The van der Waals surface area contributed by atoms with Crippen LogP contribution in [0.25, 0.3) is 0 Å². The average molecular weight is 447 g/mol. The molecule has 0 unspecified atom stereocenters. The lowest BCUT2D eigenvalue weighted by atomic mass is 10.0. The highest BCUT2D eigenvalue weighted by atomic mass is 32.2. The Labute approximate surface area is 181 Å². The van der Waals surface area contributed by atoms with Crippen molar-refractivity contribution in [3.05, 3.63) is 54.1 Å². The summed E-state index contributed by atoms with van der Waals surface area (Å²) >= 11 is 0. The van der Waals surface area contributed by atoms with Crippen LogP contribution in [-0.4, -0.2) is 47.0 Å². The van der Waals surface area contributed by atoms with E-state index in [1.807, 2.05) is 29.2 Å². The van der Waals surface area contributed by atoms with Gasteiger partial charge in [-0.15, -0.1) is 0 Å². The predicted molar refractivity (Wildman–Crippen MR) is 116 cm³/mol. The number of aryl methyl sites for hydroxylation is 1. The highest BCUT2D eigenvalue weighted by molar-refractivity contribution is 7.89. The quantitative estimate of drug-likeness (QED) is 0.520. The first kappa shape index (κ1) is 22.6. The zero-order valence-electron chi connectivity index (χ0n) is 17.3. The molecule has 166 valence electrons. The Morgan fingerprint density at radius 2 is 1.74 bits per heavy atom. The highest BCUT2D eigenvalue weighted by Crippen LogP contribution is 2.26. The lowest BCUT2D eigenvalue weighted by Crippen LogP contribution is -2.47. The van der Waals surface area contributed by atoms with Crippen molar-refractivity contribution in [3.8, 4) is 5.75 Å². The molecule has 0 aromatic heterocycles. The van der Waals surface area contributed by atoms with Crippen molar-refractivity contribution in [2.45, 2.75) is 24.2 Å². The zero-order valence-corrected chi connectivity index (χ0v) is 18.1. The number of carbonyl (C=O) groups excluding carboxylic acids is 2. The molecule has 0 fully saturated rings. The molecule has 2 amide bonds. The van der Waals surface area contributed by atoms with Gasteiger partial charge in [-0.25, -0.2) is 13.1 Å². The van der Waals surface area contributed by atoms with E-state index in [4.69, 9.17) is 4.74 Å². The first-order chi connectivity index (χ1) is 14.9. The van der Waals surface area contributed by atoms with E-state index in [1.165, 1.54) is 36.9 Å². The molecule has 0 radical (unpaired) electrons. The summed E-state index contributed by atoms with van der Waals surface area (Å²) in [7, 11) is -2.25. The monoisotopic (exact) mass is 446 g/mol. The Morgan fingerprint density at radius 1 is 1.03 bits per heavy atom. The maximum Gasteiger partial charge on any atom is 0.257 e. The first-order valence-corrected chi connectivity index (χ1v) is 11.4. The van der Waals surface area contributed by atoms with Gasteiger partial charge in [-0.3, -0.25) is 20.4 Å². The second-order valence-electron chi connectivity index (χ2n) is 7.07. The number of anilines is 1. The number of rotatable bonds is 8. The fraction of sp³-hybridized carbons (Fsp3) is 0.333. The van der Waals surface area contributed by atoms with Crippen molar-refractivity contribution < 1.29 is 22.7 Å². The van der Waals surface area contributed by atoms with Crippen LogP contribution in [0.15, 0.2) is 53.4 Å². The number of methoxy groups -OCH3 is 1. The molecule has 0 saturated heterocycles. The summed E-state index contributed by atoms with van der Waals surface area (Å²) < 4.78 is 31.8. The number of ether oxygens (including phenoxy) is 1. The molecular formula is C21H26N4O5S. The molecule has 1 aliphatic heterocycles. The molecule has 1 heterocycles. The number of nitrogens with one attached hydrogen (secondary N) is 3. The van der Waals surface area contributed by atoms with Gasteiger partial charge in [0.1, 0.15) is 5.75 Å². The summed E-state index contributed by atoms with van der Waals surface area (Å²) in [5.74, 6) is -0.296. The number of benzene rings is 2. The molecule has 2 aromatic carbocycles. The Kier molecular flexibility index (Phi) is 7.48.